The molecule has 3 aromatic rings. The maximum atomic E-state index is 13.1. The minimum absolute atomic E-state index is 0.0624. The molecule has 5 nitrogen and oxygen atoms in total. The van der Waals surface area contributed by atoms with Crippen LogP contribution < -0.4 is 0 Å². The predicted octanol–water partition coefficient (Wildman–Crippen LogP) is 5.47. The van der Waals surface area contributed by atoms with E-state index < -0.39 is 0 Å². The van der Waals surface area contributed by atoms with Gasteiger partial charge in [-0.25, -0.2) is 0 Å². The molecule has 0 unspecified atom stereocenters. The Hall–Kier alpha value is -2.05. The largest absolute Gasteiger partial charge is 0.336 e. The van der Waals surface area contributed by atoms with E-state index in [9.17, 15) is 4.79 Å². The molecule has 0 radical (unpaired) electrons. The molecule has 2 aromatic carbocycles. The summed E-state index contributed by atoms with van der Waals surface area (Å²) in [4.78, 5) is 17.4. The highest BCUT2D eigenvalue weighted by atomic mass is 35.5. The fraction of sp³-hybridized carbons (Fsp3) is 0.333. The van der Waals surface area contributed by atoms with Crippen molar-refractivity contribution in [2.75, 3.05) is 26.2 Å². The zero-order valence-corrected chi connectivity index (χ0v) is 20.4. The number of nitrogens with zero attached hydrogens (tertiary/aromatic N) is 4. The summed E-state index contributed by atoms with van der Waals surface area (Å²) in [6, 6.07) is 13.5. The number of hydrogen-bond donors (Lipinski definition) is 0. The predicted molar refractivity (Wildman–Crippen MR) is 130 cm³/mol. The molecule has 1 aliphatic heterocycles. The van der Waals surface area contributed by atoms with Crippen molar-refractivity contribution < 1.29 is 4.79 Å². The van der Waals surface area contributed by atoms with Gasteiger partial charge in [0.1, 0.15) is 0 Å². The van der Waals surface area contributed by atoms with E-state index in [0.29, 0.717) is 40.3 Å². The van der Waals surface area contributed by atoms with Crippen molar-refractivity contribution in [3.8, 4) is 0 Å². The van der Waals surface area contributed by atoms with Crippen LogP contribution in [0.3, 0.4) is 0 Å². The number of aryl methyl sites for hydroxylation is 1. The van der Waals surface area contributed by atoms with Crippen molar-refractivity contribution in [3.63, 3.8) is 0 Å². The molecule has 2 heterocycles. The summed E-state index contributed by atoms with van der Waals surface area (Å²) < 4.78 is 1.88. The molecule has 0 atom stereocenters. The average Bonchev–Trinajstić information content (AvgIpc) is 3.03. The third-order valence-electron chi connectivity index (χ3n) is 5.85. The molecule has 0 N–H and O–H groups in total. The SMILES string of the molecule is Cc1nn(Cc2cccc(C(=O)N3CCN(Cc4ccc(Cl)c(Cl)c4)CC3)c2)c(C)c1Cl. The Labute approximate surface area is 203 Å². The Bertz CT molecular complexity index is 1140. The van der Waals surface area contributed by atoms with Gasteiger partial charge < -0.3 is 4.90 Å². The number of piperazine rings is 1. The lowest BCUT2D eigenvalue weighted by molar-refractivity contribution is 0.0628. The topological polar surface area (TPSA) is 41.4 Å². The second-order valence-electron chi connectivity index (χ2n) is 8.16. The van der Waals surface area contributed by atoms with Gasteiger partial charge in [-0.05, 0) is 49.2 Å². The molecule has 1 aliphatic rings. The van der Waals surface area contributed by atoms with Crippen LogP contribution in [-0.4, -0.2) is 51.7 Å². The van der Waals surface area contributed by atoms with E-state index >= 15 is 0 Å². The van der Waals surface area contributed by atoms with Gasteiger partial charge in [0, 0.05) is 38.3 Å². The summed E-state index contributed by atoms with van der Waals surface area (Å²) >= 11 is 18.4. The van der Waals surface area contributed by atoms with Crippen molar-refractivity contribution in [1.82, 2.24) is 19.6 Å². The molecule has 168 valence electrons. The number of hydrogen-bond acceptors (Lipinski definition) is 3. The van der Waals surface area contributed by atoms with Crippen LogP contribution in [0.1, 0.15) is 32.9 Å². The summed E-state index contributed by atoms with van der Waals surface area (Å²) in [5, 5.41) is 6.32. The highest BCUT2D eigenvalue weighted by molar-refractivity contribution is 6.42. The molecule has 8 heteroatoms. The normalized spacial score (nSPS) is 14.7. The lowest BCUT2D eigenvalue weighted by Gasteiger charge is -2.35. The number of rotatable bonds is 5. The molecule has 0 saturated carbocycles. The zero-order valence-electron chi connectivity index (χ0n) is 18.1. The number of carbonyl (C=O) groups is 1. The maximum absolute atomic E-state index is 13.1. The molecule has 0 spiro atoms. The monoisotopic (exact) mass is 490 g/mol. The van der Waals surface area contributed by atoms with Crippen molar-refractivity contribution in [2.24, 2.45) is 0 Å². The molecule has 0 bridgehead atoms. The van der Waals surface area contributed by atoms with Crippen LogP contribution in [0.4, 0.5) is 0 Å². The minimum atomic E-state index is 0.0624. The zero-order chi connectivity index (χ0) is 22.8. The molecule has 1 amide bonds. The highest BCUT2D eigenvalue weighted by Gasteiger charge is 2.22. The summed E-state index contributed by atoms with van der Waals surface area (Å²) in [7, 11) is 0. The van der Waals surface area contributed by atoms with Gasteiger partial charge in [-0.2, -0.15) is 5.10 Å². The first-order valence-corrected chi connectivity index (χ1v) is 11.7. The third-order valence-corrected chi connectivity index (χ3v) is 7.14. The Kier molecular flexibility index (Phi) is 7.11. The van der Waals surface area contributed by atoms with Gasteiger partial charge in [0.15, 0.2) is 0 Å². The summed E-state index contributed by atoms with van der Waals surface area (Å²) in [6.45, 7) is 8.24. The van der Waals surface area contributed by atoms with Crippen LogP contribution in [0.15, 0.2) is 42.5 Å². The van der Waals surface area contributed by atoms with Gasteiger partial charge in [-0.1, -0.05) is 53.0 Å². The molecule has 32 heavy (non-hydrogen) atoms. The lowest BCUT2D eigenvalue weighted by Crippen LogP contribution is -2.48. The number of carbonyl (C=O) groups excluding carboxylic acids is 1. The van der Waals surface area contributed by atoms with Crippen LogP contribution in [-0.2, 0) is 13.1 Å². The first-order chi connectivity index (χ1) is 15.3. The van der Waals surface area contributed by atoms with Crippen LogP contribution in [0.2, 0.25) is 15.1 Å². The Morgan fingerprint density at radius 1 is 0.906 bits per heavy atom. The van der Waals surface area contributed by atoms with Gasteiger partial charge >= 0.3 is 0 Å². The summed E-state index contributed by atoms with van der Waals surface area (Å²) in [5.41, 5.74) is 4.59. The van der Waals surface area contributed by atoms with E-state index in [2.05, 4.69) is 10.00 Å². The molecular formula is C24H25Cl3N4O. The van der Waals surface area contributed by atoms with Gasteiger partial charge in [-0.3, -0.25) is 14.4 Å². The summed E-state index contributed by atoms with van der Waals surface area (Å²) in [6.07, 6.45) is 0. The molecule has 4 rings (SSSR count). The smallest absolute Gasteiger partial charge is 0.253 e. The van der Waals surface area contributed by atoms with Gasteiger partial charge in [0.25, 0.3) is 5.91 Å². The number of amides is 1. The van der Waals surface area contributed by atoms with Crippen LogP contribution in [0, 0.1) is 13.8 Å². The lowest BCUT2D eigenvalue weighted by atomic mass is 10.1. The summed E-state index contributed by atoms with van der Waals surface area (Å²) in [5.74, 6) is 0.0624. The number of benzene rings is 2. The van der Waals surface area contributed by atoms with Gasteiger partial charge in [-0.15, -0.1) is 0 Å². The molecule has 1 saturated heterocycles. The third kappa shape index (κ3) is 5.12. The molecule has 1 aromatic heterocycles. The average molecular weight is 492 g/mol. The fourth-order valence-corrected chi connectivity index (χ4v) is 4.45. The van der Waals surface area contributed by atoms with E-state index in [0.717, 1.165) is 42.1 Å². The standard InChI is InChI=1S/C24H25Cl3N4O/c1-16-23(27)17(2)31(28-16)15-18-4-3-5-20(12-18)24(32)30-10-8-29(9-11-30)14-19-6-7-21(25)22(26)13-19/h3-7,12-13H,8-11,14-15H2,1-2H3. The first kappa shape index (κ1) is 23.1. The van der Waals surface area contributed by atoms with E-state index in [1.54, 1.807) is 0 Å². The van der Waals surface area contributed by atoms with E-state index in [-0.39, 0.29) is 5.91 Å². The van der Waals surface area contributed by atoms with Crippen LogP contribution in [0.5, 0.6) is 0 Å². The van der Waals surface area contributed by atoms with Gasteiger partial charge in [0.05, 0.1) is 33.0 Å². The van der Waals surface area contributed by atoms with Crippen LogP contribution >= 0.6 is 34.8 Å². The highest BCUT2D eigenvalue weighted by Crippen LogP contribution is 2.24. The van der Waals surface area contributed by atoms with Gasteiger partial charge in [0.2, 0.25) is 0 Å². The van der Waals surface area contributed by atoms with Crippen molar-refractivity contribution in [2.45, 2.75) is 26.9 Å². The second kappa shape index (κ2) is 9.84. The molecule has 0 aliphatic carbocycles. The van der Waals surface area contributed by atoms with Crippen molar-refractivity contribution >= 4 is 40.7 Å². The quantitative estimate of drug-likeness (QED) is 0.475. The Morgan fingerprint density at radius 2 is 1.62 bits per heavy atom. The van der Waals surface area contributed by atoms with E-state index in [1.807, 2.05) is 65.9 Å². The molecular weight excluding hydrogens is 467 g/mol. The van der Waals surface area contributed by atoms with E-state index in [4.69, 9.17) is 34.8 Å². The second-order valence-corrected chi connectivity index (χ2v) is 9.35. The first-order valence-electron chi connectivity index (χ1n) is 10.6. The minimum Gasteiger partial charge on any atom is -0.336 e. The Morgan fingerprint density at radius 3 is 2.28 bits per heavy atom. The number of aromatic nitrogens is 2. The van der Waals surface area contributed by atoms with Crippen molar-refractivity contribution in [1.29, 1.82) is 0 Å². The molecule has 1 fully saturated rings. The fourth-order valence-electron chi connectivity index (χ4n) is 3.99. The number of halogens is 3. The Balaban J connectivity index is 1.37. The maximum Gasteiger partial charge on any atom is 0.253 e. The van der Waals surface area contributed by atoms with Crippen LogP contribution in [0.25, 0.3) is 0 Å². The van der Waals surface area contributed by atoms with Crippen molar-refractivity contribution in [3.05, 3.63) is 85.6 Å². The van der Waals surface area contributed by atoms with E-state index in [1.165, 1.54) is 0 Å².